The van der Waals surface area contributed by atoms with Crippen LogP contribution in [0.2, 0.25) is 0 Å². The number of carbonyl (C=O) groups is 1. The molecule has 0 bridgehead atoms. The number of hydrogen-bond donors (Lipinski definition) is 2. The van der Waals surface area contributed by atoms with Gasteiger partial charge in [-0.2, -0.15) is 5.10 Å². The summed E-state index contributed by atoms with van der Waals surface area (Å²) in [5, 5.41) is 10.6. The van der Waals surface area contributed by atoms with Crippen molar-refractivity contribution in [1.82, 2.24) is 20.4 Å². The zero-order valence-corrected chi connectivity index (χ0v) is 11.1. The first-order valence-corrected chi connectivity index (χ1v) is 6.74. The van der Waals surface area contributed by atoms with Crippen molar-refractivity contribution in [2.45, 2.75) is 51.7 Å². The average Bonchev–Trinajstić information content (AvgIpc) is 3.03. The van der Waals surface area contributed by atoms with Gasteiger partial charge in [0, 0.05) is 43.4 Å². The Morgan fingerprint density at radius 3 is 3.00 bits per heavy atom. The van der Waals surface area contributed by atoms with Gasteiger partial charge in [-0.25, -0.2) is 0 Å². The van der Waals surface area contributed by atoms with Crippen LogP contribution in [-0.4, -0.2) is 28.3 Å². The number of aryl methyl sites for hydroxylation is 1. The Morgan fingerprint density at radius 1 is 1.61 bits per heavy atom. The third kappa shape index (κ3) is 3.84. The summed E-state index contributed by atoms with van der Waals surface area (Å²) in [5.74, 6) is 0.154. The third-order valence-corrected chi connectivity index (χ3v) is 3.22. The molecule has 1 aliphatic carbocycles. The summed E-state index contributed by atoms with van der Waals surface area (Å²) >= 11 is 0. The highest BCUT2D eigenvalue weighted by molar-refractivity contribution is 5.76. The molecule has 0 aliphatic heterocycles. The number of nitrogens with zero attached hydrogens (tertiary/aromatic N) is 2. The number of hydrogen-bond acceptors (Lipinski definition) is 3. The van der Waals surface area contributed by atoms with Gasteiger partial charge in [-0.1, -0.05) is 0 Å². The molecule has 2 rings (SSSR count). The molecule has 1 aromatic rings. The second kappa shape index (κ2) is 6.00. The summed E-state index contributed by atoms with van der Waals surface area (Å²) in [6.07, 6.45) is 6.76. The Hall–Kier alpha value is -1.36. The van der Waals surface area contributed by atoms with Gasteiger partial charge in [0.15, 0.2) is 0 Å². The molecule has 0 saturated heterocycles. The van der Waals surface area contributed by atoms with E-state index in [9.17, 15) is 4.79 Å². The van der Waals surface area contributed by atoms with Crippen molar-refractivity contribution in [2.24, 2.45) is 0 Å². The topological polar surface area (TPSA) is 59.0 Å². The molecule has 5 heteroatoms. The SMILES string of the molecule is CCn1cc(C(C)NCCC(=O)NC2CC2)cn1. The molecule has 1 saturated carbocycles. The number of aromatic nitrogens is 2. The number of amides is 1. The highest BCUT2D eigenvalue weighted by Gasteiger charge is 2.22. The fourth-order valence-corrected chi connectivity index (χ4v) is 1.82. The van der Waals surface area contributed by atoms with Crippen LogP contribution in [0.3, 0.4) is 0 Å². The number of carbonyl (C=O) groups excluding carboxylic acids is 1. The third-order valence-electron chi connectivity index (χ3n) is 3.22. The molecule has 1 aliphatic rings. The Kier molecular flexibility index (Phi) is 4.36. The zero-order chi connectivity index (χ0) is 13.0. The second-order valence-electron chi connectivity index (χ2n) is 4.90. The molecule has 5 nitrogen and oxygen atoms in total. The van der Waals surface area contributed by atoms with E-state index in [1.807, 2.05) is 17.1 Å². The summed E-state index contributed by atoms with van der Waals surface area (Å²) < 4.78 is 1.91. The van der Waals surface area contributed by atoms with Crippen LogP contribution in [0.4, 0.5) is 0 Å². The molecule has 0 radical (unpaired) electrons. The van der Waals surface area contributed by atoms with Gasteiger partial charge in [0.05, 0.1) is 6.20 Å². The van der Waals surface area contributed by atoms with Gasteiger partial charge in [0.2, 0.25) is 5.91 Å². The largest absolute Gasteiger partial charge is 0.353 e. The van der Waals surface area contributed by atoms with Crippen LogP contribution in [-0.2, 0) is 11.3 Å². The highest BCUT2D eigenvalue weighted by atomic mass is 16.1. The molecule has 1 heterocycles. The minimum absolute atomic E-state index is 0.154. The van der Waals surface area contributed by atoms with E-state index in [2.05, 4.69) is 29.6 Å². The summed E-state index contributed by atoms with van der Waals surface area (Å²) in [4.78, 5) is 11.5. The monoisotopic (exact) mass is 250 g/mol. The van der Waals surface area contributed by atoms with Crippen LogP contribution >= 0.6 is 0 Å². The summed E-state index contributed by atoms with van der Waals surface area (Å²) in [6.45, 7) is 5.75. The molecule has 1 atom stereocenters. The van der Waals surface area contributed by atoms with Gasteiger partial charge >= 0.3 is 0 Å². The van der Waals surface area contributed by atoms with Gasteiger partial charge in [0.1, 0.15) is 0 Å². The maximum Gasteiger partial charge on any atom is 0.221 e. The molecule has 1 fully saturated rings. The lowest BCUT2D eigenvalue weighted by Gasteiger charge is -2.11. The average molecular weight is 250 g/mol. The van der Waals surface area contributed by atoms with Gasteiger partial charge in [0.25, 0.3) is 0 Å². The van der Waals surface area contributed by atoms with Crippen molar-refractivity contribution in [1.29, 1.82) is 0 Å². The first-order valence-electron chi connectivity index (χ1n) is 6.74. The predicted molar refractivity (Wildman–Crippen MR) is 70.1 cm³/mol. The summed E-state index contributed by atoms with van der Waals surface area (Å²) in [5.41, 5.74) is 1.17. The van der Waals surface area contributed by atoms with E-state index in [1.54, 1.807) is 0 Å². The van der Waals surface area contributed by atoms with Gasteiger partial charge in [-0.05, 0) is 26.7 Å². The van der Waals surface area contributed by atoms with E-state index in [0.29, 0.717) is 19.0 Å². The first kappa shape index (κ1) is 13.1. The van der Waals surface area contributed by atoms with Crippen molar-refractivity contribution in [2.75, 3.05) is 6.54 Å². The van der Waals surface area contributed by atoms with Gasteiger partial charge in [-0.3, -0.25) is 9.48 Å². The van der Waals surface area contributed by atoms with E-state index in [1.165, 1.54) is 5.56 Å². The number of nitrogens with one attached hydrogen (secondary N) is 2. The van der Waals surface area contributed by atoms with Crippen LogP contribution in [0.25, 0.3) is 0 Å². The van der Waals surface area contributed by atoms with Crippen molar-refractivity contribution in [3.8, 4) is 0 Å². The molecule has 2 N–H and O–H groups in total. The Morgan fingerprint density at radius 2 is 2.39 bits per heavy atom. The van der Waals surface area contributed by atoms with Crippen molar-refractivity contribution >= 4 is 5.91 Å². The molecule has 1 unspecified atom stereocenters. The van der Waals surface area contributed by atoms with Crippen molar-refractivity contribution in [3.05, 3.63) is 18.0 Å². The maximum absolute atomic E-state index is 11.5. The van der Waals surface area contributed by atoms with Crippen LogP contribution < -0.4 is 10.6 Å². The van der Waals surface area contributed by atoms with E-state index in [4.69, 9.17) is 0 Å². The molecule has 18 heavy (non-hydrogen) atoms. The highest BCUT2D eigenvalue weighted by Crippen LogP contribution is 2.18. The van der Waals surface area contributed by atoms with E-state index >= 15 is 0 Å². The molecule has 0 aromatic carbocycles. The van der Waals surface area contributed by atoms with E-state index in [-0.39, 0.29) is 11.9 Å². The van der Waals surface area contributed by atoms with Crippen LogP contribution in [0, 0.1) is 0 Å². The summed E-state index contributed by atoms with van der Waals surface area (Å²) in [7, 11) is 0. The second-order valence-corrected chi connectivity index (χ2v) is 4.90. The Bertz CT molecular complexity index is 397. The lowest BCUT2D eigenvalue weighted by molar-refractivity contribution is -0.121. The van der Waals surface area contributed by atoms with E-state index in [0.717, 1.165) is 19.4 Å². The van der Waals surface area contributed by atoms with Crippen LogP contribution in [0.5, 0.6) is 0 Å². The molecular weight excluding hydrogens is 228 g/mol. The summed E-state index contributed by atoms with van der Waals surface area (Å²) in [6, 6.07) is 0.691. The fraction of sp³-hybridized carbons (Fsp3) is 0.692. The van der Waals surface area contributed by atoms with Crippen LogP contribution in [0.1, 0.15) is 44.7 Å². The maximum atomic E-state index is 11.5. The number of rotatable bonds is 7. The van der Waals surface area contributed by atoms with E-state index < -0.39 is 0 Å². The van der Waals surface area contributed by atoms with Crippen molar-refractivity contribution in [3.63, 3.8) is 0 Å². The lowest BCUT2D eigenvalue weighted by atomic mass is 10.2. The lowest BCUT2D eigenvalue weighted by Crippen LogP contribution is -2.30. The molecule has 0 spiro atoms. The quantitative estimate of drug-likeness (QED) is 0.765. The molecule has 1 aromatic heterocycles. The smallest absolute Gasteiger partial charge is 0.221 e. The predicted octanol–water partition coefficient (Wildman–Crippen LogP) is 1.22. The van der Waals surface area contributed by atoms with Gasteiger partial charge < -0.3 is 10.6 Å². The standard InChI is InChI=1S/C13H22N4O/c1-3-17-9-11(8-15-17)10(2)14-7-6-13(18)16-12-4-5-12/h8-10,12,14H,3-7H2,1-2H3,(H,16,18). The Labute approximate surface area is 108 Å². The molecular formula is C13H22N4O. The molecule has 1 amide bonds. The Balaban J connectivity index is 1.67. The zero-order valence-electron chi connectivity index (χ0n) is 11.1. The fourth-order valence-electron chi connectivity index (χ4n) is 1.82. The van der Waals surface area contributed by atoms with Crippen molar-refractivity contribution < 1.29 is 4.79 Å². The normalized spacial score (nSPS) is 16.6. The van der Waals surface area contributed by atoms with Gasteiger partial charge in [-0.15, -0.1) is 0 Å². The minimum Gasteiger partial charge on any atom is -0.353 e. The minimum atomic E-state index is 0.154. The molecule has 100 valence electrons. The van der Waals surface area contributed by atoms with Crippen LogP contribution in [0.15, 0.2) is 12.4 Å². The first-order chi connectivity index (χ1) is 8.69.